The van der Waals surface area contributed by atoms with Gasteiger partial charge in [0.25, 0.3) is 17.3 Å². The number of ether oxygens (including phenoxy) is 2. The number of nitro benzene ring substituents is 2. The third kappa shape index (κ3) is 8.82. The Kier molecular flexibility index (Phi) is 11.5. The van der Waals surface area contributed by atoms with Crippen molar-refractivity contribution in [1.29, 1.82) is 0 Å². The molecule has 0 bridgehead atoms. The minimum Gasteiger partial charge on any atom is -0.459 e. The zero-order valence-corrected chi connectivity index (χ0v) is 26.3. The summed E-state index contributed by atoms with van der Waals surface area (Å²) in [6, 6.07) is 8.83. The lowest BCUT2D eigenvalue weighted by molar-refractivity contribution is -0.385. The first-order valence-corrected chi connectivity index (χ1v) is 15.5. The molecule has 1 saturated heterocycles. The van der Waals surface area contributed by atoms with Crippen LogP contribution in [0, 0.1) is 20.2 Å². The molecule has 4 rings (SSSR count). The number of nitrogens with one attached hydrogen (secondary N) is 2. The number of nitrogens with zero attached hydrogens (tertiary/aromatic N) is 3. The first-order chi connectivity index (χ1) is 22.3. The highest BCUT2D eigenvalue weighted by molar-refractivity contribution is 8.00. The SMILES string of the molecule is CC(=O)NC(CCCC(=O)NC1C(=O)N2C(C(=O)OCc3ccc([N+](=O)[O-])cc3)=C(Cl)CS[C@H]12)C(=O)OCc1ccc([N+](=O)[O-])cc1. The summed E-state index contributed by atoms with van der Waals surface area (Å²) in [6.07, 6.45) is 0.115. The zero-order chi connectivity index (χ0) is 34.2. The number of β-lactam (4-membered cyclic amide) rings is 1. The molecule has 248 valence electrons. The highest BCUT2D eigenvalue weighted by Crippen LogP contribution is 2.41. The van der Waals surface area contributed by atoms with Gasteiger partial charge >= 0.3 is 11.9 Å². The highest BCUT2D eigenvalue weighted by Gasteiger charge is 2.54. The third-order valence-corrected chi connectivity index (χ3v) is 8.79. The molecule has 47 heavy (non-hydrogen) atoms. The number of benzene rings is 2. The van der Waals surface area contributed by atoms with E-state index in [0.29, 0.717) is 11.1 Å². The number of fused-ring (bicyclic) bond motifs is 1. The number of hydrogen-bond acceptors (Lipinski definition) is 12. The lowest BCUT2D eigenvalue weighted by atomic mass is 10.0. The van der Waals surface area contributed by atoms with E-state index in [9.17, 15) is 44.2 Å². The van der Waals surface area contributed by atoms with Crippen molar-refractivity contribution in [1.82, 2.24) is 15.5 Å². The average Bonchev–Trinajstić information content (AvgIpc) is 3.04. The molecular formula is C29H28ClN5O11S. The number of halogens is 1. The molecule has 0 saturated carbocycles. The van der Waals surface area contributed by atoms with E-state index < -0.39 is 57.0 Å². The van der Waals surface area contributed by atoms with Crippen LogP contribution >= 0.6 is 23.4 Å². The highest BCUT2D eigenvalue weighted by atomic mass is 35.5. The summed E-state index contributed by atoms with van der Waals surface area (Å²) in [5, 5.41) is 26.2. The minimum absolute atomic E-state index is 0.0537. The normalized spacial score (nSPS) is 17.5. The summed E-state index contributed by atoms with van der Waals surface area (Å²) in [7, 11) is 0. The fourth-order valence-electron chi connectivity index (χ4n) is 4.68. The van der Waals surface area contributed by atoms with E-state index in [0.717, 1.165) is 4.90 Å². The molecule has 2 aliphatic heterocycles. The molecule has 2 heterocycles. The molecule has 2 unspecified atom stereocenters. The first-order valence-electron chi connectivity index (χ1n) is 14.1. The summed E-state index contributed by atoms with van der Waals surface area (Å²) in [4.78, 5) is 84.6. The Morgan fingerprint density at radius 2 is 1.53 bits per heavy atom. The summed E-state index contributed by atoms with van der Waals surface area (Å²) in [5.41, 5.74) is 0.609. The van der Waals surface area contributed by atoms with Crippen molar-refractivity contribution in [2.24, 2.45) is 0 Å². The molecule has 3 atom stereocenters. The summed E-state index contributed by atoms with van der Waals surface area (Å²) >= 11 is 7.52. The van der Waals surface area contributed by atoms with E-state index in [2.05, 4.69) is 10.6 Å². The van der Waals surface area contributed by atoms with Crippen LogP contribution in [0.2, 0.25) is 0 Å². The third-order valence-electron chi connectivity index (χ3n) is 7.04. The van der Waals surface area contributed by atoms with Crippen molar-refractivity contribution in [3.63, 3.8) is 0 Å². The van der Waals surface area contributed by atoms with Gasteiger partial charge in [0.05, 0.1) is 14.9 Å². The van der Waals surface area contributed by atoms with Crippen LogP contribution in [-0.2, 0) is 46.7 Å². The predicted octanol–water partition coefficient (Wildman–Crippen LogP) is 2.81. The molecule has 0 spiro atoms. The number of thioether (sulfide) groups is 1. The molecule has 0 aromatic heterocycles. The molecule has 2 aromatic rings. The fraction of sp³-hybridized carbons (Fsp3) is 0.345. The number of esters is 2. The second-order valence-corrected chi connectivity index (χ2v) is 11.9. The maximum atomic E-state index is 13.0. The molecule has 16 nitrogen and oxygen atoms in total. The van der Waals surface area contributed by atoms with Gasteiger partial charge in [-0.2, -0.15) is 0 Å². The second-order valence-electron chi connectivity index (χ2n) is 10.4. The van der Waals surface area contributed by atoms with Crippen molar-refractivity contribution in [3.8, 4) is 0 Å². The van der Waals surface area contributed by atoms with Gasteiger partial charge in [0.2, 0.25) is 11.8 Å². The molecule has 0 radical (unpaired) electrons. The number of nitro groups is 2. The van der Waals surface area contributed by atoms with E-state index in [-0.39, 0.29) is 60.3 Å². The minimum atomic E-state index is -1.06. The fourth-order valence-corrected chi connectivity index (χ4v) is 6.23. The van der Waals surface area contributed by atoms with Crippen molar-refractivity contribution in [2.45, 2.75) is 56.9 Å². The van der Waals surface area contributed by atoms with Crippen LogP contribution in [0.5, 0.6) is 0 Å². The Hall–Kier alpha value is -5.03. The largest absolute Gasteiger partial charge is 0.459 e. The van der Waals surface area contributed by atoms with E-state index in [1.54, 1.807) is 0 Å². The Morgan fingerprint density at radius 1 is 0.979 bits per heavy atom. The van der Waals surface area contributed by atoms with Gasteiger partial charge < -0.3 is 20.1 Å². The Bertz CT molecular complexity index is 1620. The van der Waals surface area contributed by atoms with Crippen LogP contribution in [0.3, 0.4) is 0 Å². The van der Waals surface area contributed by atoms with E-state index in [1.807, 2.05) is 0 Å². The van der Waals surface area contributed by atoms with Gasteiger partial charge in [0, 0.05) is 43.4 Å². The standard InChI is InChI=1S/C29H28ClN5O11S/c1-16(36)31-22(28(39)45-13-17-5-9-19(10-6-17)34(41)42)3-2-4-23(37)32-24-26(38)33-25(21(30)15-47-27(24)33)29(40)46-14-18-7-11-20(12-8-18)35(43)44/h5-12,22,24,27H,2-4,13-15H2,1H3,(H,31,36)(H,32,37)/t22?,24?,27-/m1/s1. The summed E-state index contributed by atoms with van der Waals surface area (Å²) in [6.45, 7) is 0.825. The number of amides is 3. The molecule has 1 fully saturated rings. The van der Waals surface area contributed by atoms with Gasteiger partial charge in [-0.1, -0.05) is 11.6 Å². The molecule has 18 heteroatoms. The van der Waals surface area contributed by atoms with Gasteiger partial charge in [0.15, 0.2) is 0 Å². The average molecular weight is 690 g/mol. The van der Waals surface area contributed by atoms with E-state index in [4.69, 9.17) is 21.1 Å². The maximum Gasteiger partial charge on any atom is 0.356 e. The van der Waals surface area contributed by atoms with Crippen molar-refractivity contribution >= 4 is 64.4 Å². The molecule has 3 amide bonds. The van der Waals surface area contributed by atoms with E-state index in [1.165, 1.54) is 67.2 Å². The number of carbonyl (C=O) groups is 5. The first kappa shape index (κ1) is 34.8. The topological polar surface area (TPSA) is 217 Å². The summed E-state index contributed by atoms with van der Waals surface area (Å²) in [5.74, 6) is -2.98. The van der Waals surface area contributed by atoms with Crippen molar-refractivity contribution < 1.29 is 43.3 Å². The Morgan fingerprint density at radius 3 is 2.06 bits per heavy atom. The van der Waals surface area contributed by atoms with Crippen LogP contribution in [-0.4, -0.2) is 67.6 Å². The number of rotatable bonds is 14. The maximum absolute atomic E-state index is 13.0. The number of non-ortho nitro benzene ring substituents is 2. The smallest absolute Gasteiger partial charge is 0.356 e. The van der Waals surface area contributed by atoms with Gasteiger partial charge in [-0.15, -0.1) is 11.8 Å². The van der Waals surface area contributed by atoms with Crippen molar-refractivity contribution in [3.05, 3.63) is 90.6 Å². The van der Waals surface area contributed by atoms with Crippen molar-refractivity contribution in [2.75, 3.05) is 5.75 Å². The molecule has 2 aromatic carbocycles. The van der Waals surface area contributed by atoms with Crippen LogP contribution in [0.25, 0.3) is 0 Å². The lowest BCUT2D eigenvalue weighted by Crippen LogP contribution is -2.70. The molecular weight excluding hydrogens is 662 g/mol. The predicted molar refractivity (Wildman–Crippen MR) is 165 cm³/mol. The molecule has 2 N–H and O–H groups in total. The molecule has 0 aliphatic carbocycles. The Balaban J connectivity index is 1.25. The number of hydrogen-bond donors (Lipinski definition) is 2. The quantitative estimate of drug-likeness (QED) is 0.127. The van der Waals surface area contributed by atoms with Crippen LogP contribution in [0.1, 0.15) is 37.3 Å². The lowest BCUT2D eigenvalue weighted by Gasteiger charge is -2.49. The zero-order valence-electron chi connectivity index (χ0n) is 24.7. The van der Waals surface area contributed by atoms with Crippen LogP contribution < -0.4 is 10.6 Å². The Labute approximate surface area is 276 Å². The van der Waals surface area contributed by atoms with Gasteiger partial charge in [-0.05, 0) is 48.2 Å². The van der Waals surface area contributed by atoms with Crippen LogP contribution in [0.15, 0.2) is 59.3 Å². The van der Waals surface area contributed by atoms with Gasteiger partial charge in [-0.25, -0.2) is 9.59 Å². The number of carbonyl (C=O) groups excluding carboxylic acids is 5. The van der Waals surface area contributed by atoms with Crippen LogP contribution in [0.4, 0.5) is 11.4 Å². The van der Waals surface area contributed by atoms with Gasteiger partial charge in [-0.3, -0.25) is 39.5 Å². The second kappa shape index (κ2) is 15.5. The summed E-state index contributed by atoms with van der Waals surface area (Å²) < 4.78 is 10.6. The van der Waals surface area contributed by atoms with E-state index >= 15 is 0 Å². The molecule has 2 aliphatic rings. The monoisotopic (exact) mass is 689 g/mol. The van der Waals surface area contributed by atoms with Gasteiger partial charge in [0.1, 0.15) is 36.4 Å².